The number of ether oxygens (including phenoxy) is 3. The van der Waals surface area contributed by atoms with E-state index in [0.29, 0.717) is 40.5 Å². The minimum absolute atomic E-state index is 0.417. The topological polar surface area (TPSA) is 87.5 Å². The molecular formula is C22H30N4O4S. The molecule has 0 radical (unpaired) electrons. The van der Waals surface area contributed by atoms with E-state index in [1.165, 1.54) is 7.11 Å². The third-order valence-corrected chi connectivity index (χ3v) is 5.74. The van der Waals surface area contributed by atoms with Crippen LogP contribution in [0, 0.1) is 0 Å². The second-order valence-corrected chi connectivity index (χ2v) is 8.35. The average molecular weight is 447 g/mol. The van der Waals surface area contributed by atoms with Crippen LogP contribution in [0.15, 0.2) is 34.6 Å². The molecule has 1 aromatic heterocycles. The predicted molar refractivity (Wildman–Crippen MR) is 121 cm³/mol. The molecule has 31 heavy (non-hydrogen) atoms. The number of benzene rings is 1. The van der Waals surface area contributed by atoms with E-state index < -0.39 is 12.0 Å². The number of hydrogen-bond acceptors (Lipinski definition) is 8. The van der Waals surface area contributed by atoms with Crippen LogP contribution < -0.4 is 14.8 Å². The molecule has 0 spiro atoms. The second-order valence-electron chi connectivity index (χ2n) is 7.12. The summed E-state index contributed by atoms with van der Waals surface area (Å²) in [6, 6.07) is 5.21. The summed E-state index contributed by atoms with van der Waals surface area (Å²) in [5.74, 6) is 2.31. The molecule has 0 aliphatic carbocycles. The van der Waals surface area contributed by atoms with Crippen molar-refractivity contribution in [3.05, 3.63) is 35.0 Å². The lowest BCUT2D eigenvalue weighted by molar-refractivity contribution is -0.136. The van der Waals surface area contributed by atoms with Gasteiger partial charge in [-0.3, -0.25) is 0 Å². The number of rotatable bonds is 10. The van der Waals surface area contributed by atoms with E-state index in [9.17, 15) is 4.79 Å². The number of hydrogen-bond donors (Lipinski definition) is 1. The molecule has 0 bridgehead atoms. The van der Waals surface area contributed by atoms with Crippen molar-refractivity contribution >= 4 is 23.7 Å². The van der Waals surface area contributed by atoms with Gasteiger partial charge in [-0.2, -0.15) is 4.98 Å². The third kappa shape index (κ3) is 4.98. The number of nitrogens with one attached hydrogen (secondary N) is 1. The van der Waals surface area contributed by atoms with Crippen LogP contribution in [0.1, 0.15) is 51.6 Å². The molecule has 0 fully saturated rings. The van der Waals surface area contributed by atoms with Crippen LogP contribution in [0.3, 0.4) is 0 Å². The quantitative estimate of drug-likeness (QED) is 0.326. The number of anilines is 1. The van der Waals surface area contributed by atoms with Gasteiger partial charge in [0.1, 0.15) is 6.04 Å². The average Bonchev–Trinajstić information content (AvgIpc) is 3.17. The van der Waals surface area contributed by atoms with Crippen molar-refractivity contribution in [2.45, 2.75) is 51.2 Å². The first-order valence-corrected chi connectivity index (χ1v) is 11.5. The Kier molecular flexibility index (Phi) is 7.84. The van der Waals surface area contributed by atoms with Gasteiger partial charge < -0.3 is 19.5 Å². The summed E-state index contributed by atoms with van der Waals surface area (Å²) in [5.41, 5.74) is 1.99. The molecule has 8 nitrogen and oxygen atoms in total. The monoisotopic (exact) mass is 446 g/mol. The molecule has 0 amide bonds. The Morgan fingerprint density at radius 1 is 1.23 bits per heavy atom. The Bertz CT molecular complexity index is 957. The van der Waals surface area contributed by atoms with Gasteiger partial charge in [0.15, 0.2) is 11.5 Å². The van der Waals surface area contributed by atoms with Crippen LogP contribution in [-0.4, -0.2) is 47.3 Å². The number of unbranched alkanes of at least 4 members (excludes halogenated alkanes) is 2. The zero-order chi connectivity index (χ0) is 22.4. The summed E-state index contributed by atoms with van der Waals surface area (Å²) in [6.45, 7) is 6.68. The van der Waals surface area contributed by atoms with Gasteiger partial charge in [-0.25, -0.2) is 9.48 Å². The maximum Gasteiger partial charge on any atom is 0.338 e. The van der Waals surface area contributed by atoms with Crippen LogP contribution >= 0.6 is 11.8 Å². The number of methoxy groups -OCH3 is 2. The number of carbonyl (C=O) groups is 1. The van der Waals surface area contributed by atoms with E-state index in [2.05, 4.69) is 22.3 Å². The van der Waals surface area contributed by atoms with Crippen molar-refractivity contribution in [2.75, 3.05) is 31.9 Å². The van der Waals surface area contributed by atoms with Gasteiger partial charge in [0.2, 0.25) is 11.1 Å². The molecule has 1 N–H and O–H groups in total. The second kappa shape index (κ2) is 10.6. The summed E-state index contributed by atoms with van der Waals surface area (Å²) in [4.78, 5) is 17.3. The Hall–Kier alpha value is -2.68. The summed E-state index contributed by atoms with van der Waals surface area (Å²) in [7, 11) is 2.99. The number of thioether (sulfide) groups is 1. The van der Waals surface area contributed by atoms with Crippen molar-refractivity contribution in [1.29, 1.82) is 0 Å². The van der Waals surface area contributed by atoms with Crippen LogP contribution in [-0.2, 0) is 9.53 Å². The first kappa shape index (κ1) is 23.0. The summed E-state index contributed by atoms with van der Waals surface area (Å²) in [6.07, 6.45) is 3.25. The highest BCUT2D eigenvalue weighted by atomic mass is 32.2. The highest BCUT2D eigenvalue weighted by Crippen LogP contribution is 2.39. The number of fused-ring (bicyclic) bond motifs is 1. The van der Waals surface area contributed by atoms with Crippen molar-refractivity contribution in [2.24, 2.45) is 0 Å². The van der Waals surface area contributed by atoms with E-state index in [-0.39, 0.29) is 0 Å². The minimum Gasteiger partial charge on any atom is -0.493 e. The molecule has 0 saturated carbocycles. The van der Waals surface area contributed by atoms with E-state index in [1.54, 1.807) is 23.6 Å². The summed E-state index contributed by atoms with van der Waals surface area (Å²) < 4.78 is 18.3. The number of nitrogens with zero attached hydrogens (tertiary/aromatic N) is 3. The van der Waals surface area contributed by atoms with Crippen molar-refractivity contribution in [3.8, 4) is 11.5 Å². The van der Waals surface area contributed by atoms with Crippen LogP contribution in [0.4, 0.5) is 5.95 Å². The Balaban J connectivity index is 2.02. The molecule has 0 saturated heterocycles. The largest absolute Gasteiger partial charge is 0.493 e. The molecule has 2 aromatic rings. The SMILES string of the molecule is CCCCCOc1ccc(C2C(C(=O)OC)=C(C)Nc3nc(SCC)nn32)cc1OC. The third-order valence-electron chi connectivity index (χ3n) is 5.02. The molecule has 168 valence electrons. The molecule has 1 unspecified atom stereocenters. The van der Waals surface area contributed by atoms with Gasteiger partial charge in [-0.1, -0.05) is 44.5 Å². The van der Waals surface area contributed by atoms with Crippen molar-refractivity contribution in [3.63, 3.8) is 0 Å². The lowest BCUT2D eigenvalue weighted by atomic mass is 9.95. The molecule has 1 aromatic carbocycles. The number of esters is 1. The van der Waals surface area contributed by atoms with Gasteiger partial charge in [-0.05, 0) is 36.8 Å². The first-order chi connectivity index (χ1) is 15.0. The summed E-state index contributed by atoms with van der Waals surface area (Å²) >= 11 is 1.54. The molecule has 1 aliphatic heterocycles. The van der Waals surface area contributed by atoms with Gasteiger partial charge in [0.05, 0.1) is 26.4 Å². The number of allylic oxidation sites excluding steroid dienone is 1. The van der Waals surface area contributed by atoms with E-state index in [0.717, 1.165) is 30.6 Å². The zero-order valence-electron chi connectivity index (χ0n) is 18.7. The lowest BCUT2D eigenvalue weighted by Crippen LogP contribution is -2.29. The molecule has 1 aliphatic rings. The van der Waals surface area contributed by atoms with Crippen LogP contribution in [0.2, 0.25) is 0 Å². The normalized spacial score (nSPS) is 15.3. The van der Waals surface area contributed by atoms with Gasteiger partial charge >= 0.3 is 5.97 Å². The number of aromatic nitrogens is 3. The maximum absolute atomic E-state index is 12.7. The summed E-state index contributed by atoms with van der Waals surface area (Å²) in [5, 5.41) is 8.47. The fourth-order valence-electron chi connectivity index (χ4n) is 3.51. The lowest BCUT2D eigenvalue weighted by Gasteiger charge is -2.28. The first-order valence-electron chi connectivity index (χ1n) is 10.5. The van der Waals surface area contributed by atoms with Gasteiger partial charge in [0, 0.05) is 5.70 Å². The Morgan fingerprint density at radius 2 is 2.03 bits per heavy atom. The molecule has 9 heteroatoms. The minimum atomic E-state index is -0.495. The molecular weight excluding hydrogens is 416 g/mol. The van der Waals surface area contributed by atoms with Crippen molar-refractivity contribution < 1.29 is 19.0 Å². The fraction of sp³-hybridized carbons (Fsp3) is 0.500. The standard InChI is InChI=1S/C22H30N4O4S/c1-6-8-9-12-30-16-11-10-15(13-17(16)28-4)19-18(20(27)29-5)14(3)23-21-24-22(31-7-2)25-26(19)21/h10-11,13,19H,6-9,12H2,1-5H3,(H,23,24,25). The fourth-order valence-corrected chi connectivity index (χ4v) is 4.07. The number of carbonyl (C=O) groups excluding carboxylic acids is 1. The Morgan fingerprint density at radius 3 is 2.71 bits per heavy atom. The zero-order valence-corrected chi connectivity index (χ0v) is 19.5. The van der Waals surface area contributed by atoms with E-state index in [1.807, 2.05) is 32.0 Å². The molecule has 2 heterocycles. The van der Waals surface area contributed by atoms with Gasteiger partial charge in [0.25, 0.3) is 0 Å². The van der Waals surface area contributed by atoms with Crippen LogP contribution in [0.5, 0.6) is 11.5 Å². The Labute approximate surface area is 187 Å². The highest BCUT2D eigenvalue weighted by Gasteiger charge is 2.35. The van der Waals surface area contributed by atoms with Crippen LogP contribution in [0.25, 0.3) is 0 Å². The maximum atomic E-state index is 12.7. The van der Waals surface area contributed by atoms with E-state index in [4.69, 9.17) is 14.2 Å². The highest BCUT2D eigenvalue weighted by molar-refractivity contribution is 7.99. The smallest absolute Gasteiger partial charge is 0.338 e. The van der Waals surface area contributed by atoms with Gasteiger partial charge in [-0.15, -0.1) is 5.10 Å². The predicted octanol–water partition coefficient (Wildman–Crippen LogP) is 4.43. The van der Waals surface area contributed by atoms with E-state index >= 15 is 0 Å². The molecule has 1 atom stereocenters. The molecule has 3 rings (SSSR count). The van der Waals surface area contributed by atoms with Crippen molar-refractivity contribution in [1.82, 2.24) is 14.8 Å².